The van der Waals surface area contributed by atoms with Gasteiger partial charge in [0.2, 0.25) is 0 Å². The van der Waals surface area contributed by atoms with Crippen LogP contribution in [0.25, 0.3) is 10.6 Å². The van der Waals surface area contributed by atoms with Gasteiger partial charge in [0, 0.05) is 10.3 Å². The average Bonchev–Trinajstić information content (AvgIpc) is 2.70. The summed E-state index contributed by atoms with van der Waals surface area (Å²) in [4.78, 5) is 7.04. The minimum atomic E-state index is 0. The summed E-state index contributed by atoms with van der Waals surface area (Å²) in [5, 5.41) is 3.08. The van der Waals surface area contributed by atoms with E-state index < -0.39 is 0 Å². The lowest BCUT2D eigenvalue weighted by Gasteiger charge is -1.96. The molecule has 0 saturated heterocycles. The lowest BCUT2D eigenvalue weighted by atomic mass is 10.3. The van der Waals surface area contributed by atoms with E-state index in [4.69, 9.17) is 5.73 Å². The zero-order valence-corrected chi connectivity index (χ0v) is 11.0. The molecule has 82 valence electrons. The van der Waals surface area contributed by atoms with Crippen LogP contribution in [-0.4, -0.2) is 4.98 Å². The highest BCUT2D eigenvalue weighted by atomic mass is 35.5. The molecule has 0 aliphatic rings. The van der Waals surface area contributed by atoms with Gasteiger partial charge in [-0.1, -0.05) is 0 Å². The van der Waals surface area contributed by atoms with Crippen LogP contribution in [0, 0.1) is 6.92 Å². The first-order valence-corrected chi connectivity index (χ1v) is 6.14. The fourth-order valence-electron chi connectivity index (χ4n) is 1.18. The summed E-state index contributed by atoms with van der Waals surface area (Å²) < 4.78 is 0. The van der Waals surface area contributed by atoms with Crippen LogP contribution in [-0.2, 0) is 0 Å². The molecule has 2 aromatic rings. The van der Waals surface area contributed by atoms with E-state index in [2.05, 4.69) is 29.4 Å². The first-order chi connectivity index (χ1) is 6.66. The fourth-order valence-corrected chi connectivity index (χ4v) is 2.86. The Bertz CT molecular complexity index is 434. The lowest BCUT2D eigenvalue weighted by Crippen LogP contribution is -2.03. The summed E-state index contributed by atoms with van der Waals surface area (Å²) in [6, 6.07) is 4.26. The molecule has 0 saturated carbocycles. The minimum absolute atomic E-state index is 0. The molecule has 2 N–H and O–H groups in total. The molecule has 5 heteroatoms. The molecular formula is C10H13ClN2S2. The molecular weight excluding hydrogens is 248 g/mol. The normalized spacial score (nSPS) is 12.2. The molecule has 15 heavy (non-hydrogen) atoms. The predicted octanol–water partition coefficient (Wildman–Crippen LogP) is 3.62. The van der Waals surface area contributed by atoms with E-state index in [1.54, 1.807) is 22.7 Å². The lowest BCUT2D eigenvalue weighted by molar-refractivity contribution is 0.808. The zero-order chi connectivity index (χ0) is 10.1. The Morgan fingerprint density at radius 3 is 2.60 bits per heavy atom. The SMILES string of the molecule is Cc1ccc(-c2csc(C(C)N)n2)s1.Cl. The Kier molecular flexibility index (Phi) is 4.28. The number of aromatic nitrogens is 1. The third-order valence-electron chi connectivity index (χ3n) is 1.90. The van der Waals surface area contributed by atoms with Gasteiger partial charge < -0.3 is 5.73 Å². The second-order valence-corrected chi connectivity index (χ2v) is 5.45. The standard InChI is InChI=1S/C10H12N2S2.ClH/c1-6-3-4-9(14-6)8-5-13-10(12-8)7(2)11;/h3-5,7H,11H2,1-2H3;1H. The van der Waals surface area contributed by atoms with E-state index in [-0.39, 0.29) is 18.4 Å². The van der Waals surface area contributed by atoms with Gasteiger partial charge in [-0.3, -0.25) is 0 Å². The van der Waals surface area contributed by atoms with Gasteiger partial charge in [-0.25, -0.2) is 4.98 Å². The highest BCUT2D eigenvalue weighted by Gasteiger charge is 2.08. The molecule has 0 aliphatic heterocycles. The number of aryl methyl sites for hydroxylation is 1. The van der Waals surface area contributed by atoms with Gasteiger partial charge in [0.1, 0.15) is 5.01 Å². The maximum absolute atomic E-state index is 5.76. The number of halogens is 1. The van der Waals surface area contributed by atoms with Crippen LogP contribution >= 0.6 is 35.1 Å². The fraction of sp³-hybridized carbons (Fsp3) is 0.300. The summed E-state index contributed by atoms with van der Waals surface area (Å²) >= 11 is 3.40. The molecule has 0 amide bonds. The van der Waals surface area contributed by atoms with Gasteiger partial charge >= 0.3 is 0 Å². The number of nitrogens with zero attached hydrogens (tertiary/aromatic N) is 1. The van der Waals surface area contributed by atoms with Crippen LogP contribution in [0.15, 0.2) is 17.5 Å². The molecule has 2 rings (SSSR count). The Morgan fingerprint density at radius 1 is 1.40 bits per heavy atom. The highest BCUT2D eigenvalue weighted by molar-refractivity contribution is 7.16. The van der Waals surface area contributed by atoms with Crippen molar-refractivity contribution >= 4 is 35.1 Å². The van der Waals surface area contributed by atoms with Crippen LogP contribution in [0.3, 0.4) is 0 Å². The number of hydrogen-bond donors (Lipinski definition) is 1. The quantitative estimate of drug-likeness (QED) is 0.896. The summed E-state index contributed by atoms with van der Waals surface area (Å²) in [6.45, 7) is 4.06. The van der Waals surface area contributed by atoms with Crippen molar-refractivity contribution in [3.05, 3.63) is 27.4 Å². The van der Waals surface area contributed by atoms with Crippen LogP contribution < -0.4 is 5.73 Å². The van der Waals surface area contributed by atoms with Crippen LogP contribution in [0.5, 0.6) is 0 Å². The Morgan fingerprint density at radius 2 is 2.13 bits per heavy atom. The largest absolute Gasteiger partial charge is 0.322 e. The maximum atomic E-state index is 5.76. The first-order valence-electron chi connectivity index (χ1n) is 4.44. The average molecular weight is 261 g/mol. The molecule has 1 unspecified atom stereocenters. The van der Waals surface area contributed by atoms with Crippen molar-refractivity contribution in [3.63, 3.8) is 0 Å². The number of hydrogen-bond acceptors (Lipinski definition) is 4. The predicted molar refractivity (Wildman–Crippen MR) is 70.0 cm³/mol. The molecule has 0 fully saturated rings. The summed E-state index contributed by atoms with van der Waals surface area (Å²) in [5.41, 5.74) is 6.82. The monoisotopic (exact) mass is 260 g/mol. The summed E-state index contributed by atoms with van der Waals surface area (Å²) in [5.74, 6) is 0. The second kappa shape index (κ2) is 5.07. The number of thiazole rings is 1. The van der Waals surface area contributed by atoms with Crippen molar-refractivity contribution in [1.82, 2.24) is 4.98 Å². The molecule has 2 aromatic heterocycles. The van der Waals surface area contributed by atoms with E-state index in [0.717, 1.165) is 10.7 Å². The van der Waals surface area contributed by atoms with Crippen LogP contribution in [0.1, 0.15) is 22.9 Å². The van der Waals surface area contributed by atoms with Gasteiger partial charge in [0.15, 0.2) is 0 Å². The highest BCUT2D eigenvalue weighted by Crippen LogP contribution is 2.29. The van der Waals surface area contributed by atoms with Gasteiger partial charge in [-0.05, 0) is 26.0 Å². The van der Waals surface area contributed by atoms with E-state index >= 15 is 0 Å². The Balaban J connectivity index is 0.00000112. The van der Waals surface area contributed by atoms with Crippen molar-refractivity contribution in [3.8, 4) is 10.6 Å². The third-order valence-corrected chi connectivity index (χ3v) is 3.97. The first kappa shape index (κ1) is 12.6. The summed E-state index contributed by atoms with van der Waals surface area (Å²) in [6.07, 6.45) is 0. The number of rotatable bonds is 2. The molecule has 0 aromatic carbocycles. The molecule has 1 atom stereocenters. The van der Waals surface area contributed by atoms with Gasteiger partial charge in [0.05, 0.1) is 16.6 Å². The van der Waals surface area contributed by atoms with Crippen molar-refractivity contribution in [1.29, 1.82) is 0 Å². The van der Waals surface area contributed by atoms with Crippen molar-refractivity contribution in [2.45, 2.75) is 19.9 Å². The van der Waals surface area contributed by atoms with Gasteiger partial charge in [0.25, 0.3) is 0 Å². The van der Waals surface area contributed by atoms with Gasteiger partial charge in [-0.15, -0.1) is 35.1 Å². The molecule has 0 radical (unpaired) electrons. The summed E-state index contributed by atoms with van der Waals surface area (Å²) in [7, 11) is 0. The molecule has 0 aliphatic carbocycles. The Labute approximate surface area is 104 Å². The topological polar surface area (TPSA) is 38.9 Å². The van der Waals surface area contributed by atoms with E-state index in [1.807, 2.05) is 6.92 Å². The van der Waals surface area contributed by atoms with E-state index in [9.17, 15) is 0 Å². The molecule has 0 bridgehead atoms. The van der Waals surface area contributed by atoms with E-state index in [0.29, 0.717) is 0 Å². The molecule has 2 heterocycles. The van der Waals surface area contributed by atoms with Crippen LogP contribution in [0.2, 0.25) is 0 Å². The van der Waals surface area contributed by atoms with Crippen molar-refractivity contribution in [2.24, 2.45) is 5.73 Å². The number of thiophene rings is 1. The molecule has 0 spiro atoms. The maximum Gasteiger partial charge on any atom is 0.110 e. The Hall–Kier alpha value is -0.420. The van der Waals surface area contributed by atoms with Crippen LogP contribution in [0.4, 0.5) is 0 Å². The van der Waals surface area contributed by atoms with Crippen molar-refractivity contribution in [2.75, 3.05) is 0 Å². The second-order valence-electron chi connectivity index (χ2n) is 3.27. The van der Waals surface area contributed by atoms with Crippen molar-refractivity contribution < 1.29 is 0 Å². The minimum Gasteiger partial charge on any atom is -0.322 e. The molecule has 2 nitrogen and oxygen atoms in total. The third kappa shape index (κ3) is 2.78. The zero-order valence-electron chi connectivity index (χ0n) is 8.56. The number of nitrogens with two attached hydrogens (primary N) is 1. The smallest absolute Gasteiger partial charge is 0.110 e. The van der Waals surface area contributed by atoms with Gasteiger partial charge in [-0.2, -0.15) is 0 Å². The van der Waals surface area contributed by atoms with E-state index in [1.165, 1.54) is 9.75 Å².